The summed E-state index contributed by atoms with van der Waals surface area (Å²) in [5, 5.41) is 3.98. The summed E-state index contributed by atoms with van der Waals surface area (Å²) in [6.07, 6.45) is 3.33. The Morgan fingerprint density at radius 2 is 2.12 bits per heavy atom. The Morgan fingerprint density at radius 1 is 1.32 bits per heavy atom. The fourth-order valence-corrected chi connectivity index (χ4v) is 3.86. The lowest BCUT2D eigenvalue weighted by Crippen LogP contribution is -2.31. The number of likely N-dealkylation sites (tertiary alicyclic amines) is 1. The second-order valence-electron chi connectivity index (χ2n) is 6.79. The van der Waals surface area contributed by atoms with Crippen LogP contribution in [0.3, 0.4) is 0 Å². The number of carbonyl (C=O) groups excluding carboxylic acids is 1. The van der Waals surface area contributed by atoms with E-state index in [2.05, 4.69) is 10.1 Å². The zero-order valence-electron chi connectivity index (χ0n) is 14.1. The molecule has 1 atom stereocenters. The van der Waals surface area contributed by atoms with Crippen LogP contribution in [0, 0.1) is 0 Å². The largest absolute Gasteiger partial charge is 0.344 e. The highest BCUT2D eigenvalue weighted by Crippen LogP contribution is 2.33. The number of aromatic amines is 1. The summed E-state index contributed by atoms with van der Waals surface area (Å²) in [4.78, 5) is 22.6. The summed E-state index contributed by atoms with van der Waals surface area (Å²) < 4.78 is 27.0. The lowest BCUT2D eigenvalue weighted by Gasteiger charge is -2.22. The van der Waals surface area contributed by atoms with E-state index in [0.717, 1.165) is 54.7 Å². The Morgan fingerprint density at radius 3 is 2.84 bits per heavy atom. The van der Waals surface area contributed by atoms with Crippen LogP contribution in [0.25, 0.3) is 0 Å². The van der Waals surface area contributed by atoms with Gasteiger partial charge in [-0.2, -0.15) is 5.10 Å². The van der Waals surface area contributed by atoms with E-state index in [1.54, 1.807) is 4.90 Å². The Bertz CT molecular complexity index is 774. The van der Waals surface area contributed by atoms with Crippen molar-refractivity contribution in [2.24, 2.45) is 7.05 Å². The molecule has 1 fully saturated rings. The number of rotatable bonds is 3. The molecule has 1 amide bonds. The average molecular weight is 349 g/mol. The van der Waals surface area contributed by atoms with Crippen molar-refractivity contribution < 1.29 is 13.6 Å². The molecule has 8 heteroatoms. The van der Waals surface area contributed by atoms with E-state index in [-0.39, 0.29) is 23.3 Å². The van der Waals surface area contributed by atoms with Crippen molar-refractivity contribution in [1.82, 2.24) is 24.6 Å². The number of nitrogens with one attached hydrogen (secondary N) is 1. The Hall–Kier alpha value is -2.25. The standard InChI is InChI=1S/C17H21F2N5O/c1-23-14(15(18)19)9-12(22-23)17(25)24-8-4-7-13(24)16-20-10-5-2-3-6-11(10)21-16/h9,13,15H,2-8H2,1H3,(H,20,21). The number of carbonyl (C=O) groups is 1. The molecule has 6 nitrogen and oxygen atoms in total. The van der Waals surface area contributed by atoms with Gasteiger partial charge in [0.05, 0.1) is 11.7 Å². The van der Waals surface area contributed by atoms with Gasteiger partial charge in [0.25, 0.3) is 12.3 Å². The minimum absolute atomic E-state index is 0.0704. The summed E-state index contributed by atoms with van der Waals surface area (Å²) in [7, 11) is 1.43. The first-order valence-electron chi connectivity index (χ1n) is 8.75. The van der Waals surface area contributed by atoms with Gasteiger partial charge in [0, 0.05) is 19.3 Å². The van der Waals surface area contributed by atoms with Gasteiger partial charge in [-0.15, -0.1) is 0 Å². The maximum Gasteiger partial charge on any atom is 0.280 e. The maximum atomic E-state index is 13.0. The van der Waals surface area contributed by atoms with Crippen LogP contribution in [0.1, 0.15) is 71.5 Å². The molecule has 0 aromatic carbocycles. The third-order valence-corrected chi connectivity index (χ3v) is 5.16. The maximum absolute atomic E-state index is 13.0. The van der Waals surface area contributed by atoms with Crippen molar-refractivity contribution in [2.45, 2.75) is 51.0 Å². The minimum atomic E-state index is -2.65. The Labute approximate surface area is 144 Å². The molecule has 2 aromatic heterocycles. The summed E-state index contributed by atoms with van der Waals surface area (Å²) in [5.74, 6) is 0.516. The van der Waals surface area contributed by atoms with Gasteiger partial charge in [0.15, 0.2) is 5.69 Å². The molecule has 134 valence electrons. The van der Waals surface area contributed by atoms with Crippen LogP contribution in [-0.2, 0) is 19.9 Å². The fourth-order valence-electron chi connectivity index (χ4n) is 3.86. The molecular weight excluding hydrogens is 328 g/mol. The lowest BCUT2D eigenvalue weighted by molar-refractivity contribution is 0.0723. The number of halogens is 2. The number of amides is 1. The van der Waals surface area contributed by atoms with Crippen molar-refractivity contribution in [3.05, 3.63) is 34.7 Å². The van der Waals surface area contributed by atoms with Gasteiger partial charge in [-0.05, 0) is 44.6 Å². The monoisotopic (exact) mass is 349 g/mol. The normalized spacial score (nSPS) is 20.3. The number of aryl methyl sites for hydroxylation is 3. The van der Waals surface area contributed by atoms with Crippen molar-refractivity contribution in [2.75, 3.05) is 6.54 Å². The number of aromatic nitrogens is 4. The van der Waals surface area contributed by atoms with E-state index in [1.165, 1.54) is 18.8 Å². The van der Waals surface area contributed by atoms with Crippen LogP contribution in [-0.4, -0.2) is 37.1 Å². The highest BCUT2D eigenvalue weighted by Gasteiger charge is 2.35. The van der Waals surface area contributed by atoms with Gasteiger partial charge in [-0.1, -0.05) is 0 Å². The van der Waals surface area contributed by atoms with E-state index in [1.807, 2.05) is 0 Å². The van der Waals surface area contributed by atoms with Crippen LogP contribution in [0.5, 0.6) is 0 Å². The first-order valence-corrected chi connectivity index (χ1v) is 8.75. The van der Waals surface area contributed by atoms with E-state index >= 15 is 0 Å². The number of hydrogen-bond donors (Lipinski definition) is 1. The van der Waals surface area contributed by atoms with Crippen LogP contribution in [0.15, 0.2) is 6.07 Å². The van der Waals surface area contributed by atoms with Gasteiger partial charge in [0.1, 0.15) is 11.5 Å². The molecule has 1 unspecified atom stereocenters. The first-order chi connectivity index (χ1) is 12.0. The van der Waals surface area contributed by atoms with Crippen molar-refractivity contribution in [3.8, 4) is 0 Å². The number of alkyl halides is 2. The highest BCUT2D eigenvalue weighted by atomic mass is 19.3. The van der Waals surface area contributed by atoms with Crippen LogP contribution >= 0.6 is 0 Å². The third kappa shape index (κ3) is 2.83. The quantitative estimate of drug-likeness (QED) is 0.926. The zero-order chi connectivity index (χ0) is 17.6. The van der Waals surface area contributed by atoms with Crippen LogP contribution in [0.2, 0.25) is 0 Å². The molecule has 4 rings (SSSR count). The molecule has 0 radical (unpaired) electrons. The molecule has 2 aromatic rings. The zero-order valence-corrected chi connectivity index (χ0v) is 14.1. The van der Waals surface area contributed by atoms with E-state index in [9.17, 15) is 13.6 Å². The van der Waals surface area contributed by atoms with Crippen LogP contribution in [0.4, 0.5) is 8.78 Å². The van der Waals surface area contributed by atoms with Gasteiger partial charge < -0.3 is 9.88 Å². The molecule has 0 saturated carbocycles. The van der Waals surface area contributed by atoms with Gasteiger partial charge >= 0.3 is 0 Å². The number of imidazole rings is 1. The average Bonchev–Trinajstić information content (AvgIpc) is 3.30. The number of H-pyrrole nitrogens is 1. The molecule has 1 saturated heterocycles. The minimum Gasteiger partial charge on any atom is -0.344 e. The molecule has 3 heterocycles. The second-order valence-corrected chi connectivity index (χ2v) is 6.79. The van der Waals surface area contributed by atoms with E-state index in [0.29, 0.717) is 6.54 Å². The Balaban J connectivity index is 1.59. The molecule has 0 spiro atoms. The summed E-state index contributed by atoms with van der Waals surface area (Å²) in [6, 6.07) is 1.06. The van der Waals surface area contributed by atoms with E-state index < -0.39 is 6.43 Å². The van der Waals surface area contributed by atoms with Gasteiger partial charge in [-0.3, -0.25) is 9.48 Å². The molecule has 0 bridgehead atoms. The molecule has 2 aliphatic rings. The predicted octanol–water partition coefficient (Wildman–Crippen LogP) is 2.94. The van der Waals surface area contributed by atoms with Crippen molar-refractivity contribution in [1.29, 1.82) is 0 Å². The van der Waals surface area contributed by atoms with Gasteiger partial charge in [-0.25, -0.2) is 13.8 Å². The van der Waals surface area contributed by atoms with Crippen molar-refractivity contribution in [3.63, 3.8) is 0 Å². The summed E-state index contributed by atoms with van der Waals surface area (Å²) in [5.41, 5.74) is 2.12. The highest BCUT2D eigenvalue weighted by molar-refractivity contribution is 5.92. The Kier molecular flexibility index (Phi) is 4.05. The van der Waals surface area contributed by atoms with Crippen LogP contribution < -0.4 is 0 Å². The summed E-state index contributed by atoms with van der Waals surface area (Å²) in [6.45, 7) is 0.593. The topological polar surface area (TPSA) is 66.8 Å². The third-order valence-electron chi connectivity index (χ3n) is 5.16. The molecule has 1 N–H and O–H groups in total. The van der Waals surface area contributed by atoms with Crippen molar-refractivity contribution >= 4 is 5.91 Å². The first kappa shape index (κ1) is 16.2. The van der Waals surface area contributed by atoms with E-state index in [4.69, 9.17) is 4.98 Å². The smallest absolute Gasteiger partial charge is 0.280 e. The number of hydrogen-bond acceptors (Lipinski definition) is 3. The second kappa shape index (κ2) is 6.24. The molecular formula is C17H21F2N5O. The predicted molar refractivity (Wildman–Crippen MR) is 86.4 cm³/mol. The SMILES string of the molecule is Cn1nc(C(=O)N2CCCC2c2nc3c([nH]2)CCCC3)cc1C(F)F. The van der Waals surface area contributed by atoms with Gasteiger partial charge in [0.2, 0.25) is 0 Å². The lowest BCUT2D eigenvalue weighted by atomic mass is 10.0. The molecule has 1 aliphatic heterocycles. The fraction of sp³-hybridized carbons (Fsp3) is 0.588. The molecule has 1 aliphatic carbocycles. The number of fused-ring (bicyclic) bond motifs is 1. The number of nitrogens with zero attached hydrogens (tertiary/aromatic N) is 4. The summed E-state index contributed by atoms with van der Waals surface area (Å²) >= 11 is 0. The molecule has 25 heavy (non-hydrogen) atoms.